The fourth-order valence-corrected chi connectivity index (χ4v) is 5.35. The number of hydrogen-bond acceptors (Lipinski definition) is 14. The zero-order valence-electron chi connectivity index (χ0n) is 22.1. The minimum absolute atomic E-state index is 0.0803. The maximum atomic E-state index is 12.1. The van der Waals surface area contributed by atoms with Crippen LogP contribution in [0.1, 0.15) is 0 Å². The van der Waals surface area contributed by atoms with E-state index in [1.54, 1.807) is 18.1 Å². The average molecular weight is 654 g/mol. The normalized spacial score (nSPS) is 16.2. The number of rotatable bonds is 9. The fourth-order valence-electron chi connectivity index (χ4n) is 4.03. The number of nitrogens with zero attached hydrogens (tertiary/aromatic N) is 5. The molecule has 2 aliphatic rings. The van der Waals surface area contributed by atoms with Crippen molar-refractivity contribution in [2.45, 2.75) is 15.8 Å². The summed E-state index contributed by atoms with van der Waals surface area (Å²) in [4.78, 5) is 34.4. The van der Waals surface area contributed by atoms with Crippen molar-refractivity contribution in [3.8, 4) is 11.5 Å². The number of nitro groups is 2. The van der Waals surface area contributed by atoms with E-state index >= 15 is 0 Å². The van der Waals surface area contributed by atoms with E-state index < -0.39 is 57.3 Å². The Morgan fingerprint density at radius 2 is 1.32 bits per heavy atom. The summed E-state index contributed by atoms with van der Waals surface area (Å²) in [6.45, 7) is 0. The first-order chi connectivity index (χ1) is 20.6. The van der Waals surface area contributed by atoms with Crippen molar-refractivity contribution >= 4 is 54.9 Å². The number of aliphatic imine (C=N–C) groups is 1. The lowest BCUT2D eigenvalue weighted by Gasteiger charge is -2.30. The van der Waals surface area contributed by atoms with Crippen LogP contribution in [0.4, 0.5) is 22.7 Å². The maximum Gasteiger partial charge on any atom is 0.301 e. The highest BCUT2D eigenvalue weighted by Crippen LogP contribution is 2.42. The van der Waals surface area contributed by atoms with Crippen LogP contribution in [0.5, 0.6) is 11.5 Å². The van der Waals surface area contributed by atoms with Gasteiger partial charge in [-0.15, -0.1) is 0 Å². The number of benzene rings is 2. The molecule has 4 rings (SSSR count). The molecule has 1 saturated heterocycles. The number of ether oxygens (including phenoxy) is 2. The van der Waals surface area contributed by atoms with Crippen LogP contribution in [0.2, 0.25) is 0 Å². The lowest BCUT2D eigenvalue weighted by molar-refractivity contribution is -0.388. The lowest BCUT2D eigenvalue weighted by atomic mass is 10.0. The molecule has 1 unspecified atom stereocenters. The zero-order valence-corrected chi connectivity index (χ0v) is 23.8. The quantitative estimate of drug-likeness (QED) is 0.126. The SMILES string of the molecule is COc1cc([N+](=O)[O-])c(S(=O)(=O)O)cc1N1NC(=NC2C=CC=CC2=C=O)NN1c1cc(S(=O)(=O)O)c([N+](=O)[O-])cc1OC. The predicted molar refractivity (Wildman–Crippen MR) is 149 cm³/mol. The second kappa shape index (κ2) is 11.6. The van der Waals surface area contributed by atoms with E-state index in [9.17, 15) is 51.0 Å². The van der Waals surface area contributed by atoms with Crippen molar-refractivity contribution in [1.29, 1.82) is 0 Å². The highest BCUT2D eigenvalue weighted by Gasteiger charge is 2.38. The van der Waals surface area contributed by atoms with Crippen LogP contribution in [0.3, 0.4) is 0 Å². The Kier molecular flexibility index (Phi) is 8.29. The Bertz CT molecular complexity index is 1820. The highest BCUT2D eigenvalue weighted by molar-refractivity contribution is 7.86. The van der Waals surface area contributed by atoms with Gasteiger partial charge in [-0.2, -0.15) is 27.1 Å². The molecule has 44 heavy (non-hydrogen) atoms. The number of anilines is 2. The molecule has 1 fully saturated rings. The number of methoxy groups -OCH3 is 2. The van der Waals surface area contributed by atoms with E-state index in [-0.39, 0.29) is 34.4 Å². The van der Waals surface area contributed by atoms with Gasteiger partial charge in [0.15, 0.2) is 21.3 Å². The third kappa shape index (κ3) is 5.99. The second-order valence-corrected chi connectivity index (χ2v) is 11.3. The van der Waals surface area contributed by atoms with Crippen molar-refractivity contribution in [3.05, 3.63) is 74.4 Å². The molecule has 20 nitrogen and oxygen atoms in total. The van der Waals surface area contributed by atoms with Crippen LogP contribution in [0, 0.1) is 20.2 Å². The lowest BCUT2D eigenvalue weighted by Crippen LogP contribution is -2.46. The molecule has 4 N–H and O–H groups in total. The minimum atomic E-state index is -5.23. The first-order valence-electron chi connectivity index (χ1n) is 11.6. The van der Waals surface area contributed by atoms with Gasteiger partial charge in [-0.05, 0) is 18.2 Å². The third-order valence-corrected chi connectivity index (χ3v) is 7.70. The molecule has 0 bridgehead atoms. The van der Waals surface area contributed by atoms with E-state index in [4.69, 9.17) is 9.47 Å². The summed E-state index contributed by atoms with van der Waals surface area (Å²) < 4.78 is 78.4. The van der Waals surface area contributed by atoms with Crippen LogP contribution in [0.25, 0.3) is 0 Å². The summed E-state index contributed by atoms with van der Waals surface area (Å²) in [6.07, 6.45) is 6.02. The molecule has 1 heterocycles. The summed E-state index contributed by atoms with van der Waals surface area (Å²) in [5.41, 5.74) is 2.50. The van der Waals surface area contributed by atoms with Crippen molar-refractivity contribution in [1.82, 2.24) is 10.9 Å². The molecule has 2 aromatic carbocycles. The number of nitrogens with one attached hydrogen (secondary N) is 2. The van der Waals surface area contributed by atoms with Gasteiger partial charge in [0.1, 0.15) is 23.4 Å². The van der Waals surface area contributed by atoms with E-state index in [1.165, 1.54) is 12.2 Å². The van der Waals surface area contributed by atoms with Crippen LogP contribution >= 0.6 is 0 Å². The van der Waals surface area contributed by atoms with Crippen LogP contribution in [-0.4, -0.2) is 68.0 Å². The molecule has 0 spiro atoms. The largest absolute Gasteiger partial charge is 0.494 e. The number of hydrazine groups is 3. The molecule has 2 aromatic rings. The Balaban J connectivity index is 2.02. The van der Waals surface area contributed by atoms with Gasteiger partial charge >= 0.3 is 20.2 Å². The summed E-state index contributed by atoms with van der Waals surface area (Å²) in [7, 11) is -8.33. The van der Waals surface area contributed by atoms with Crippen molar-refractivity contribution < 1.29 is 50.1 Å². The Labute approximate surface area is 246 Å². The van der Waals surface area contributed by atoms with E-state index in [2.05, 4.69) is 15.8 Å². The van der Waals surface area contributed by atoms with Crippen molar-refractivity contribution in [2.75, 3.05) is 24.5 Å². The molecule has 1 aliphatic carbocycles. The third-order valence-electron chi connectivity index (χ3n) is 5.94. The van der Waals surface area contributed by atoms with Gasteiger partial charge in [0.2, 0.25) is 5.96 Å². The molecule has 1 aliphatic heterocycles. The van der Waals surface area contributed by atoms with Gasteiger partial charge in [0.05, 0.1) is 41.8 Å². The number of hydrogen-bond donors (Lipinski definition) is 4. The first kappa shape index (κ1) is 31.4. The summed E-state index contributed by atoms with van der Waals surface area (Å²) in [5, 5.41) is 24.9. The summed E-state index contributed by atoms with van der Waals surface area (Å²) in [6, 6.07) is 1.68. The molecular weight excluding hydrogens is 634 g/mol. The average Bonchev–Trinajstić information content (AvgIpc) is 3.38. The van der Waals surface area contributed by atoms with Crippen molar-refractivity contribution in [3.63, 3.8) is 0 Å². The molecule has 1 atom stereocenters. The summed E-state index contributed by atoms with van der Waals surface area (Å²) in [5.74, 6) is 0.723. The predicted octanol–water partition coefficient (Wildman–Crippen LogP) is 0.873. The Hall–Kier alpha value is -5.54. The molecule has 22 heteroatoms. The Morgan fingerprint density at radius 1 is 0.864 bits per heavy atom. The van der Waals surface area contributed by atoms with Gasteiger partial charge in [0, 0.05) is 0 Å². The van der Waals surface area contributed by atoms with Crippen LogP contribution < -0.4 is 30.6 Å². The smallest absolute Gasteiger partial charge is 0.301 e. The van der Waals surface area contributed by atoms with Gasteiger partial charge in [0.25, 0.3) is 11.4 Å². The molecular formula is C22H19N7O13S2. The van der Waals surface area contributed by atoms with Gasteiger partial charge in [-0.25, -0.2) is 20.6 Å². The fraction of sp³-hybridized carbons (Fsp3) is 0.136. The van der Waals surface area contributed by atoms with Crippen LogP contribution in [-0.2, 0) is 25.0 Å². The van der Waals surface area contributed by atoms with E-state index in [1.807, 2.05) is 0 Å². The second-order valence-electron chi connectivity index (χ2n) is 8.52. The minimum Gasteiger partial charge on any atom is -0.494 e. The van der Waals surface area contributed by atoms with Crippen molar-refractivity contribution in [2.24, 2.45) is 4.99 Å². The molecule has 0 radical (unpaired) electrons. The monoisotopic (exact) mass is 653 g/mol. The zero-order chi connectivity index (χ0) is 32.6. The molecule has 232 valence electrons. The number of guanidine groups is 1. The highest BCUT2D eigenvalue weighted by atomic mass is 32.2. The summed E-state index contributed by atoms with van der Waals surface area (Å²) >= 11 is 0. The van der Waals surface area contributed by atoms with E-state index in [0.29, 0.717) is 24.3 Å². The van der Waals surface area contributed by atoms with E-state index in [0.717, 1.165) is 24.5 Å². The number of carbonyl (C=O) groups excluding carboxylic acids is 1. The molecule has 0 amide bonds. The molecule has 0 saturated carbocycles. The standard InChI is InChI=1S/C22H19N7O13S2/c1-41-18-7-16(28(31)32)20(43(35,36)37)9-14(18)26-24-22(23-13-6-4-3-5-12(13)11-30)25-27(26)15-10-21(44(38,39)40)17(29(33)34)8-19(15)42-2/h3-10,13H,1-2H3,(H2,23,24,25)(H,35,36,37)(H,38,39,40). The topological polar surface area (TPSA) is 273 Å². The molecule has 0 aromatic heterocycles. The van der Waals surface area contributed by atoms with Gasteiger partial charge < -0.3 is 9.47 Å². The van der Waals surface area contributed by atoms with Crippen LogP contribution in [0.15, 0.2) is 68.9 Å². The van der Waals surface area contributed by atoms with Gasteiger partial charge in [-0.1, -0.05) is 18.2 Å². The Morgan fingerprint density at radius 3 is 1.68 bits per heavy atom. The maximum absolute atomic E-state index is 12.1. The number of nitro benzene ring substituents is 2. The first-order valence-corrected chi connectivity index (χ1v) is 14.5. The number of allylic oxidation sites excluding steroid dienone is 2. The van der Waals surface area contributed by atoms with Gasteiger partial charge in [-0.3, -0.25) is 29.3 Å².